The second kappa shape index (κ2) is 5.21. The molecule has 0 aliphatic rings. The average molecular weight is 195 g/mol. The molecule has 0 fully saturated rings. The van der Waals surface area contributed by atoms with Gasteiger partial charge in [-0.2, -0.15) is 0 Å². The quantitative estimate of drug-likeness (QED) is 0.526. The van der Waals surface area contributed by atoms with Crippen molar-refractivity contribution in [2.24, 2.45) is 0 Å². The van der Waals surface area contributed by atoms with E-state index in [1.54, 1.807) is 0 Å². The van der Waals surface area contributed by atoms with E-state index in [1.807, 2.05) is 0 Å². The Balaban J connectivity index is 0.000000791. The minimum Gasteiger partial charge on any atom is -0.258 e. The van der Waals surface area contributed by atoms with Crippen LogP contribution in [0.1, 0.15) is 0 Å². The molecule has 0 saturated heterocycles. The van der Waals surface area contributed by atoms with Crippen molar-refractivity contribution < 1.29 is 9.85 Å². The standard InChI is InChI=1S/C6H4N2O4.CHN/c9-7(10)5-2-1-3-6(4-5)8(11)12;1-2/h1-4H;1H. The van der Waals surface area contributed by atoms with Crippen LogP contribution in [0, 0.1) is 32.1 Å². The molecule has 0 saturated carbocycles. The molecule has 14 heavy (non-hydrogen) atoms. The van der Waals surface area contributed by atoms with E-state index in [9.17, 15) is 20.2 Å². The zero-order chi connectivity index (χ0) is 11.1. The Hall–Kier alpha value is -2.49. The van der Waals surface area contributed by atoms with Gasteiger partial charge in [-0.1, -0.05) is 0 Å². The van der Waals surface area contributed by atoms with Crippen LogP contribution in [0.25, 0.3) is 0 Å². The molecular weight excluding hydrogens is 190 g/mol. The Morgan fingerprint density at radius 2 is 1.43 bits per heavy atom. The highest BCUT2D eigenvalue weighted by Gasteiger charge is 2.11. The second-order valence-electron chi connectivity index (χ2n) is 2.03. The predicted octanol–water partition coefficient (Wildman–Crippen LogP) is 1.64. The summed E-state index contributed by atoms with van der Waals surface area (Å²) >= 11 is 0. The van der Waals surface area contributed by atoms with E-state index in [1.165, 1.54) is 18.2 Å². The van der Waals surface area contributed by atoms with Crippen LogP contribution in [-0.2, 0) is 0 Å². The Morgan fingerprint density at radius 1 is 1.07 bits per heavy atom. The summed E-state index contributed by atoms with van der Waals surface area (Å²) in [5, 5.41) is 26.8. The monoisotopic (exact) mass is 195 g/mol. The van der Waals surface area contributed by atoms with Crippen LogP contribution in [0.4, 0.5) is 11.4 Å². The van der Waals surface area contributed by atoms with Crippen LogP contribution in [0.3, 0.4) is 0 Å². The van der Waals surface area contributed by atoms with E-state index >= 15 is 0 Å². The van der Waals surface area contributed by atoms with Crippen molar-refractivity contribution in [3.63, 3.8) is 0 Å². The van der Waals surface area contributed by atoms with E-state index in [0.29, 0.717) is 0 Å². The van der Waals surface area contributed by atoms with Crippen molar-refractivity contribution in [2.75, 3.05) is 0 Å². The first-order valence-corrected chi connectivity index (χ1v) is 3.26. The number of rotatable bonds is 2. The fourth-order valence-electron chi connectivity index (χ4n) is 0.720. The van der Waals surface area contributed by atoms with Gasteiger partial charge in [0.25, 0.3) is 11.4 Å². The van der Waals surface area contributed by atoms with Gasteiger partial charge >= 0.3 is 0 Å². The van der Waals surface area contributed by atoms with Crippen molar-refractivity contribution in [1.29, 1.82) is 5.26 Å². The number of hydrogen-bond donors (Lipinski definition) is 0. The van der Waals surface area contributed by atoms with Gasteiger partial charge in [0.05, 0.1) is 15.9 Å². The molecule has 1 aromatic carbocycles. The van der Waals surface area contributed by atoms with Crippen molar-refractivity contribution >= 4 is 11.4 Å². The van der Waals surface area contributed by atoms with E-state index in [-0.39, 0.29) is 11.4 Å². The summed E-state index contributed by atoms with van der Waals surface area (Å²) in [6.45, 7) is 3.50. The summed E-state index contributed by atoms with van der Waals surface area (Å²) < 4.78 is 0. The molecule has 0 aliphatic heterocycles. The molecule has 0 aromatic heterocycles. The van der Waals surface area contributed by atoms with Gasteiger partial charge in [-0.05, 0) is 6.07 Å². The molecule has 0 radical (unpaired) electrons. The zero-order valence-electron chi connectivity index (χ0n) is 6.86. The highest BCUT2D eigenvalue weighted by Crippen LogP contribution is 2.18. The lowest BCUT2D eigenvalue weighted by molar-refractivity contribution is -0.394. The molecule has 1 rings (SSSR count). The summed E-state index contributed by atoms with van der Waals surface area (Å²) in [5.74, 6) is 0. The third-order valence-corrected chi connectivity index (χ3v) is 1.25. The summed E-state index contributed by atoms with van der Waals surface area (Å²) in [5.41, 5.74) is -0.548. The number of nitro benzene ring substituents is 2. The number of nitro groups is 2. The molecule has 0 heterocycles. The molecule has 72 valence electrons. The molecule has 7 heteroatoms. The van der Waals surface area contributed by atoms with E-state index < -0.39 is 9.85 Å². The maximum atomic E-state index is 10.2. The maximum absolute atomic E-state index is 10.2. The van der Waals surface area contributed by atoms with Crippen LogP contribution in [0.15, 0.2) is 24.3 Å². The first-order valence-electron chi connectivity index (χ1n) is 3.26. The first-order chi connectivity index (χ1) is 6.61. The summed E-state index contributed by atoms with van der Waals surface area (Å²) in [7, 11) is 0. The molecule has 7 nitrogen and oxygen atoms in total. The Kier molecular flexibility index (Phi) is 4.28. The Morgan fingerprint density at radius 3 is 1.71 bits per heavy atom. The Labute approximate surface area is 78.5 Å². The lowest BCUT2D eigenvalue weighted by Gasteiger charge is -1.90. The van der Waals surface area contributed by atoms with Crippen molar-refractivity contribution in [1.82, 2.24) is 0 Å². The fraction of sp³-hybridized carbons (Fsp3) is 0. The van der Waals surface area contributed by atoms with Crippen molar-refractivity contribution in [3.05, 3.63) is 44.5 Å². The molecule has 1 aromatic rings. The average Bonchev–Trinajstić information content (AvgIpc) is 2.21. The van der Waals surface area contributed by atoms with Gasteiger partial charge < -0.3 is 0 Å². The molecule has 0 atom stereocenters. The molecule has 0 bridgehead atoms. The predicted molar refractivity (Wildman–Crippen MR) is 46.4 cm³/mol. The lowest BCUT2D eigenvalue weighted by Crippen LogP contribution is -1.91. The van der Waals surface area contributed by atoms with Gasteiger partial charge in [-0.15, -0.1) is 0 Å². The lowest BCUT2D eigenvalue weighted by atomic mass is 10.3. The summed E-state index contributed by atoms with van der Waals surface area (Å²) in [6, 6.07) is 4.59. The third-order valence-electron chi connectivity index (χ3n) is 1.25. The van der Waals surface area contributed by atoms with Gasteiger partial charge in [-0.3, -0.25) is 20.2 Å². The SMILES string of the molecule is C#N.O=[N+]([O-])c1cccc([N+](=O)[O-])c1. The highest BCUT2D eigenvalue weighted by molar-refractivity contribution is 5.42. The van der Waals surface area contributed by atoms with Crippen molar-refractivity contribution in [2.45, 2.75) is 0 Å². The molecule has 0 spiro atoms. The second-order valence-corrected chi connectivity index (χ2v) is 2.03. The zero-order valence-corrected chi connectivity index (χ0v) is 6.86. The largest absolute Gasteiger partial charge is 0.276 e. The number of hydrogen-bond acceptors (Lipinski definition) is 5. The van der Waals surface area contributed by atoms with Crippen LogP contribution in [-0.4, -0.2) is 9.85 Å². The van der Waals surface area contributed by atoms with Crippen LogP contribution >= 0.6 is 0 Å². The molecule has 0 unspecified atom stereocenters. The normalized spacial score (nSPS) is 8.14. The summed E-state index contributed by atoms with van der Waals surface area (Å²) in [6.07, 6.45) is 0. The van der Waals surface area contributed by atoms with Crippen LogP contribution in [0.5, 0.6) is 0 Å². The number of nitriles is 1. The highest BCUT2D eigenvalue weighted by atomic mass is 16.6. The molecule has 0 amide bonds. The summed E-state index contributed by atoms with van der Waals surface area (Å²) in [4.78, 5) is 19.0. The number of non-ortho nitro benzene ring substituents is 2. The van der Waals surface area contributed by atoms with Gasteiger partial charge in [0.15, 0.2) is 0 Å². The van der Waals surface area contributed by atoms with Crippen LogP contribution in [0.2, 0.25) is 0 Å². The minimum absolute atomic E-state index is 0.274. The van der Waals surface area contributed by atoms with E-state index in [2.05, 4.69) is 6.57 Å². The minimum atomic E-state index is -0.674. The first kappa shape index (κ1) is 11.5. The maximum Gasteiger partial charge on any atom is 0.276 e. The number of benzene rings is 1. The van der Waals surface area contributed by atoms with Gasteiger partial charge in [0.1, 0.15) is 0 Å². The fourth-order valence-corrected chi connectivity index (χ4v) is 0.720. The molecule has 0 aliphatic carbocycles. The Bertz CT molecular complexity index is 345. The van der Waals surface area contributed by atoms with E-state index in [0.717, 1.165) is 6.07 Å². The third kappa shape index (κ3) is 2.86. The van der Waals surface area contributed by atoms with Gasteiger partial charge in [0, 0.05) is 18.7 Å². The molecule has 0 N–H and O–H groups in total. The molecular formula is C7H5N3O4. The van der Waals surface area contributed by atoms with Gasteiger partial charge in [-0.25, -0.2) is 5.26 Å². The smallest absolute Gasteiger partial charge is 0.258 e. The van der Waals surface area contributed by atoms with E-state index in [4.69, 9.17) is 5.26 Å². The topological polar surface area (TPSA) is 110 Å². The number of nitrogens with zero attached hydrogens (tertiary/aromatic N) is 3. The van der Waals surface area contributed by atoms with Crippen LogP contribution < -0.4 is 0 Å². The van der Waals surface area contributed by atoms with Crippen molar-refractivity contribution in [3.8, 4) is 6.57 Å². The van der Waals surface area contributed by atoms with Gasteiger partial charge in [0.2, 0.25) is 0 Å².